The highest BCUT2D eigenvalue weighted by Gasteiger charge is 2.02. The second-order valence-electron chi connectivity index (χ2n) is 2.27. The summed E-state index contributed by atoms with van der Waals surface area (Å²) in [7, 11) is 1.62. The SMILES string of the molecule is COCCCC[C@H](F)CO. The molecular formula is C7H15FO2. The minimum Gasteiger partial charge on any atom is -0.393 e. The van der Waals surface area contributed by atoms with Crippen LogP contribution in [0.3, 0.4) is 0 Å². The Morgan fingerprint density at radius 3 is 2.70 bits per heavy atom. The molecule has 0 spiro atoms. The van der Waals surface area contributed by atoms with Gasteiger partial charge in [0.15, 0.2) is 0 Å². The number of rotatable bonds is 6. The van der Waals surface area contributed by atoms with E-state index in [1.165, 1.54) is 0 Å². The van der Waals surface area contributed by atoms with Gasteiger partial charge in [0.05, 0.1) is 6.61 Å². The van der Waals surface area contributed by atoms with Crippen molar-refractivity contribution in [1.82, 2.24) is 0 Å². The Morgan fingerprint density at radius 2 is 2.20 bits per heavy atom. The molecule has 0 rings (SSSR count). The predicted molar refractivity (Wildman–Crippen MR) is 37.7 cm³/mol. The van der Waals surface area contributed by atoms with Crippen LogP contribution in [0.2, 0.25) is 0 Å². The number of halogens is 1. The zero-order valence-corrected chi connectivity index (χ0v) is 6.35. The summed E-state index contributed by atoms with van der Waals surface area (Å²) in [6.45, 7) is 0.325. The number of unbranched alkanes of at least 4 members (excludes halogenated alkanes) is 1. The maximum atomic E-state index is 12.3. The van der Waals surface area contributed by atoms with Crippen molar-refractivity contribution in [2.45, 2.75) is 25.4 Å². The summed E-state index contributed by atoms with van der Waals surface area (Å²) >= 11 is 0. The molecule has 0 aliphatic rings. The van der Waals surface area contributed by atoms with E-state index >= 15 is 0 Å². The average molecular weight is 150 g/mol. The van der Waals surface area contributed by atoms with E-state index in [9.17, 15) is 4.39 Å². The maximum Gasteiger partial charge on any atom is 0.123 e. The molecule has 0 saturated carbocycles. The summed E-state index contributed by atoms with van der Waals surface area (Å²) in [4.78, 5) is 0. The molecule has 2 nitrogen and oxygen atoms in total. The number of ether oxygens (including phenoxy) is 1. The van der Waals surface area contributed by atoms with E-state index in [2.05, 4.69) is 0 Å². The van der Waals surface area contributed by atoms with E-state index < -0.39 is 6.17 Å². The highest BCUT2D eigenvalue weighted by atomic mass is 19.1. The maximum absolute atomic E-state index is 12.3. The van der Waals surface area contributed by atoms with Gasteiger partial charge in [-0.2, -0.15) is 0 Å². The molecule has 0 radical (unpaired) electrons. The van der Waals surface area contributed by atoms with Crippen LogP contribution >= 0.6 is 0 Å². The standard InChI is InChI=1S/C7H15FO2/c1-10-5-3-2-4-7(8)6-9/h7,9H,2-6H2,1H3/t7-/m0/s1. The van der Waals surface area contributed by atoms with Gasteiger partial charge >= 0.3 is 0 Å². The second-order valence-corrected chi connectivity index (χ2v) is 2.27. The zero-order valence-electron chi connectivity index (χ0n) is 6.35. The molecule has 0 aromatic heterocycles. The van der Waals surface area contributed by atoms with Crippen LogP contribution in [-0.2, 0) is 4.74 Å². The second kappa shape index (κ2) is 6.96. The van der Waals surface area contributed by atoms with Crippen LogP contribution in [0.5, 0.6) is 0 Å². The number of aliphatic hydroxyl groups is 1. The van der Waals surface area contributed by atoms with Crippen LogP contribution < -0.4 is 0 Å². The van der Waals surface area contributed by atoms with E-state index in [1.807, 2.05) is 0 Å². The molecule has 3 heteroatoms. The van der Waals surface area contributed by atoms with Gasteiger partial charge in [0, 0.05) is 13.7 Å². The number of aliphatic hydroxyl groups excluding tert-OH is 1. The van der Waals surface area contributed by atoms with Gasteiger partial charge in [-0.05, 0) is 19.3 Å². The fraction of sp³-hybridized carbons (Fsp3) is 1.00. The van der Waals surface area contributed by atoms with Gasteiger partial charge in [-0.15, -0.1) is 0 Å². The molecule has 0 bridgehead atoms. The Kier molecular flexibility index (Phi) is 6.86. The van der Waals surface area contributed by atoms with Gasteiger partial charge in [-0.25, -0.2) is 4.39 Å². The number of hydrogen-bond acceptors (Lipinski definition) is 2. The molecule has 0 heterocycles. The van der Waals surface area contributed by atoms with Crippen LogP contribution in [0.15, 0.2) is 0 Å². The summed E-state index contributed by atoms with van der Waals surface area (Å²) in [6.07, 6.45) is 1.06. The van der Waals surface area contributed by atoms with E-state index in [4.69, 9.17) is 9.84 Å². The van der Waals surface area contributed by atoms with Gasteiger partial charge in [-0.3, -0.25) is 0 Å². The van der Waals surface area contributed by atoms with Crippen molar-refractivity contribution < 1.29 is 14.2 Å². The van der Waals surface area contributed by atoms with Gasteiger partial charge in [0.1, 0.15) is 6.17 Å². The normalized spacial score (nSPS) is 13.5. The third-order valence-corrected chi connectivity index (χ3v) is 1.31. The molecular weight excluding hydrogens is 135 g/mol. The molecule has 10 heavy (non-hydrogen) atoms. The first-order valence-electron chi connectivity index (χ1n) is 3.55. The van der Waals surface area contributed by atoms with E-state index in [-0.39, 0.29) is 6.61 Å². The topological polar surface area (TPSA) is 29.5 Å². The quantitative estimate of drug-likeness (QED) is 0.575. The molecule has 0 aromatic rings. The summed E-state index contributed by atoms with van der Waals surface area (Å²) in [5.41, 5.74) is 0. The molecule has 0 aliphatic heterocycles. The zero-order chi connectivity index (χ0) is 7.82. The van der Waals surface area contributed by atoms with Crippen molar-refractivity contribution in [1.29, 1.82) is 0 Å². The Labute approximate surface area is 61.0 Å². The Bertz CT molecular complexity index is 68.6. The predicted octanol–water partition coefficient (Wildman–Crippen LogP) is 1.13. The van der Waals surface area contributed by atoms with Gasteiger partial charge in [0.2, 0.25) is 0 Å². The molecule has 0 fully saturated rings. The van der Waals surface area contributed by atoms with Crippen LogP contribution in [0.25, 0.3) is 0 Å². The first-order valence-corrected chi connectivity index (χ1v) is 3.55. The highest BCUT2D eigenvalue weighted by Crippen LogP contribution is 2.03. The van der Waals surface area contributed by atoms with Crippen LogP contribution in [0.4, 0.5) is 4.39 Å². The van der Waals surface area contributed by atoms with Crippen LogP contribution in [-0.4, -0.2) is 31.6 Å². The number of hydrogen-bond donors (Lipinski definition) is 1. The molecule has 1 N–H and O–H groups in total. The fourth-order valence-electron chi connectivity index (χ4n) is 0.704. The summed E-state index contributed by atoms with van der Waals surface area (Å²) in [5, 5.41) is 8.29. The first kappa shape index (κ1) is 9.85. The monoisotopic (exact) mass is 150 g/mol. The highest BCUT2D eigenvalue weighted by molar-refractivity contribution is 4.52. The Morgan fingerprint density at radius 1 is 1.50 bits per heavy atom. The lowest BCUT2D eigenvalue weighted by Crippen LogP contribution is -2.05. The van der Waals surface area contributed by atoms with Gasteiger partial charge in [-0.1, -0.05) is 0 Å². The van der Waals surface area contributed by atoms with Gasteiger partial charge < -0.3 is 9.84 Å². The van der Waals surface area contributed by atoms with Crippen molar-refractivity contribution in [3.8, 4) is 0 Å². The smallest absolute Gasteiger partial charge is 0.123 e. The molecule has 0 aromatic carbocycles. The molecule has 1 atom stereocenters. The summed E-state index contributed by atoms with van der Waals surface area (Å²) in [5.74, 6) is 0. The molecule has 0 aliphatic carbocycles. The fourth-order valence-corrected chi connectivity index (χ4v) is 0.704. The van der Waals surface area contributed by atoms with Crippen molar-refractivity contribution in [3.05, 3.63) is 0 Å². The number of alkyl halides is 1. The minimum absolute atomic E-state index is 0.354. The molecule has 0 amide bonds. The third kappa shape index (κ3) is 5.98. The Hall–Kier alpha value is -0.150. The van der Waals surface area contributed by atoms with Crippen LogP contribution in [0.1, 0.15) is 19.3 Å². The first-order chi connectivity index (χ1) is 4.81. The van der Waals surface area contributed by atoms with Crippen molar-refractivity contribution in [3.63, 3.8) is 0 Å². The largest absolute Gasteiger partial charge is 0.393 e. The lowest BCUT2D eigenvalue weighted by Gasteiger charge is -2.02. The minimum atomic E-state index is -1.04. The van der Waals surface area contributed by atoms with Crippen molar-refractivity contribution in [2.24, 2.45) is 0 Å². The molecule has 0 unspecified atom stereocenters. The lowest BCUT2D eigenvalue weighted by atomic mass is 10.2. The number of methoxy groups -OCH3 is 1. The average Bonchev–Trinajstić information content (AvgIpc) is 1.98. The molecule has 62 valence electrons. The lowest BCUT2D eigenvalue weighted by molar-refractivity contribution is 0.156. The third-order valence-electron chi connectivity index (χ3n) is 1.31. The van der Waals surface area contributed by atoms with E-state index in [1.54, 1.807) is 7.11 Å². The Balaban J connectivity index is 2.89. The van der Waals surface area contributed by atoms with E-state index in [0.717, 1.165) is 12.8 Å². The van der Waals surface area contributed by atoms with Crippen molar-refractivity contribution in [2.75, 3.05) is 20.3 Å². The summed E-state index contributed by atoms with van der Waals surface area (Å²) < 4.78 is 17.0. The summed E-state index contributed by atoms with van der Waals surface area (Å²) in [6, 6.07) is 0. The van der Waals surface area contributed by atoms with E-state index in [0.29, 0.717) is 13.0 Å². The van der Waals surface area contributed by atoms with Crippen LogP contribution in [0, 0.1) is 0 Å². The van der Waals surface area contributed by atoms with Gasteiger partial charge in [0.25, 0.3) is 0 Å². The molecule has 0 saturated heterocycles. The van der Waals surface area contributed by atoms with Crippen molar-refractivity contribution >= 4 is 0 Å².